The average molecular weight is 397 g/mol. The monoisotopic (exact) mass is 396 g/mol. The fourth-order valence-corrected chi connectivity index (χ4v) is 3.81. The molecule has 0 unspecified atom stereocenters. The van der Waals surface area contributed by atoms with E-state index in [2.05, 4.69) is 46.7 Å². The van der Waals surface area contributed by atoms with E-state index in [1.807, 2.05) is 35.8 Å². The largest absolute Gasteiger partial charge is 0.497 e. The molecule has 0 aliphatic carbocycles. The number of carbonyl (C=O) groups is 1. The van der Waals surface area contributed by atoms with Crippen molar-refractivity contribution < 1.29 is 9.53 Å². The maximum absolute atomic E-state index is 12.4. The molecular weight excluding hydrogens is 372 g/mol. The lowest BCUT2D eigenvalue weighted by Crippen LogP contribution is -2.17. The van der Waals surface area contributed by atoms with E-state index in [4.69, 9.17) is 4.74 Å². The lowest BCUT2D eigenvalue weighted by molar-refractivity contribution is -0.115. The second kappa shape index (κ2) is 9.41. The summed E-state index contributed by atoms with van der Waals surface area (Å²) < 4.78 is 7.12. The first-order chi connectivity index (χ1) is 13.6. The fourth-order valence-electron chi connectivity index (χ4n) is 2.85. The zero-order valence-corrected chi connectivity index (χ0v) is 17.1. The van der Waals surface area contributed by atoms with E-state index in [1.165, 1.54) is 11.1 Å². The van der Waals surface area contributed by atoms with Gasteiger partial charge >= 0.3 is 0 Å². The van der Waals surface area contributed by atoms with Crippen LogP contribution in [0.25, 0.3) is 0 Å². The third-order valence-electron chi connectivity index (χ3n) is 4.25. The summed E-state index contributed by atoms with van der Waals surface area (Å²) in [6, 6.07) is 15.7. The lowest BCUT2D eigenvalue weighted by atomic mass is 10.2. The minimum atomic E-state index is -0.123. The minimum absolute atomic E-state index is 0.123. The summed E-state index contributed by atoms with van der Waals surface area (Å²) >= 11 is 1.63. The predicted octanol–water partition coefficient (Wildman–Crippen LogP) is 4.09. The summed E-state index contributed by atoms with van der Waals surface area (Å²) in [5.74, 6) is 2.11. The zero-order valence-electron chi connectivity index (χ0n) is 16.3. The van der Waals surface area contributed by atoms with Crippen LogP contribution >= 0.6 is 11.8 Å². The molecule has 28 heavy (non-hydrogen) atoms. The summed E-state index contributed by atoms with van der Waals surface area (Å²) in [6.45, 7) is 4.83. The Kier molecular flexibility index (Phi) is 6.71. The third-order valence-corrected chi connectivity index (χ3v) is 5.29. The molecule has 3 aromatic rings. The summed E-state index contributed by atoms with van der Waals surface area (Å²) in [6.07, 6.45) is 0.178. The SMILES string of the molecule is CCn1c(CC(=O)Nc2ccc(OC)cc2)nnc1SCc1cccc(C)c1. The minimum Gasteiger partial charge on any atom is -0.497 e. The Morgan fingerprint density at radius 2 is 1.96 bits per heavy atom. The van der Waals surface area contributed by atoms with E-state index >= 15 is 0 Å². The Morgan fingerprint density at radius 1 is 1.18 bits per heavy atom. The van der Waals surface area contributed by atoms with Crippen molar-refractivity contribution in [2.24, 2.45) is 0 Å². The molecule has 0 bridgehead atoms. The predicted molar refractivity (Wildman–Crippen MR) is 112 cm³/mol. The Bertz CT molecular complexity index is 938. The highest BCUT2D eigenvalue weighted by Crippen LogP contribution is 2.23. The molecule has 1 N–H and O–H groups in total. The van der Waals surface area contributed by atoms with Crippen molar-refractivity contribution in [1.82, 2.24) is 14.8 Å². The number of hydrogen-bond acceptors (Lipinski definition) is 5. The number of thioether (sulfide) groups is 1. The number of hydrogen-bond donors (Lipinski definition) is 1. The van der Waals surface area contributed by atoms with E-state index in [1.54, 1.807) is 18.9 Å². The van der Waals surface area contributed by atoms with Gasteiger partial charge in [-0.15, -0.1) is 10.2 Å². The van der Waals surface area contributed by atoms with Gasteiger partial charge < -0.3 is 14.6 Å². The van der Waals surface area contributed by atoms with Gasteiger partial charge in [0.05, 0.1) is 13.5 Å². The highest BCUT2D eigenvalue weighted by atomic mass is 32.2. The van der Waals surface area contributed by atoms with Gasteiger partial charge in [-0.05, 0) is 43.7 Å². The number of aromatic nitrogens is 3. The highest BCUT2D eigenvalue weighted by molar-refractivity contribution is 7.98. The number of carbonyl (C=O) groups excluding carboxylic acids is 1. The van der Waals surface area contributed by atoms with Crippen LogP contribution in [0.3, 0.4) is 0 Å². The van der Waals surface area contributed by atoms with Crippen molar-refractivity contribution >= 4 is 23.4 Å². The Morgan fingerprint density at radius 3 is 2.64 bits per heavy atom. The maximum atomic E-state index is 12.4. The molecule has 0 atom stereocenters. The Balaban J connectivity index is 1.62. The quantitative estimate of drug-likeness (QED) is 0.581. The number of nitrogens with one attached hydrogen (secondary N) is 1. The number of ether oxygens (including phenoxy) is 1. The van der Waals surface area contributed by atoms with Gasteiger partial charge in [0, 0.05) is 18.0 Å². The van der Waals surface area contributed by atoms with E-state index < -0.39 is 0 Å². The molecular formula is C21H24N4O2S. The van der Waals surface area contributed by atoms with Crippen molar-refractivity contribution in [1.29, 1.82) is 0 Å². The standard InChI is InChI=1S/C21H24N4O2S/c1-4-25-19(13-20(26)22-17-8-10-18(27-3)11-9-17)23-24-21(25)28-14-16-7-5-6-15(2)12-16/h5-12H,4,13-14H2,1-3H3,(H,22,26). The molecule has 2 aromatic carbocycles. The van der Waals surface area contributed by atoms with E-state index in [9.17, 15) is 4.79 Å². The summed E-state index contributed by atoms with van der Waals surface area (Å²) in [5, 5.41) is 12.2. The number of anilines is 1. The van der Waals surface area contributed by atoms with Gasteiger partial charge in [-0.1, -0.05) is 41.6 Å². The molecule has 0 spiro atoms. The fraction of sp³-hybridized carbons (Fsp3) is 0.286. The summed E-state index contributed by atoms with van der Waals surface area (Å²) in [4.78, 5) is 12.4. The van der Waals surface area contributed by atoms with Crippen LogP contribution in [0.5, 0.6) is 5.75 Å². The molecule has 146 valence electrons. The smallest absolute Gasteiger partial charge is 0.232 e. The Hall–Kier alpha value is -2.80. The second-order valence-corrected chi connectivity index (χ2v) is 7.32. The van der Waals surface area contributed by atoms with Gasteiger partial charge in [0.2, 0.25) is 5.91 Å². The average Bonchev–Trinajstić information content (AvgIpc) is 3.08. The Labute approximate surface area is 169 Å². The number of aryl methyl sites for hydroxylation is 1. The molecule has 6 nitrogen and oxygen atoms in total. The third kappa shape index (κ3) is 5.13. The van der Waals surface area contributed by atoms with Gasteiger partial charge in [0.15, 0.2) is 5.16 Å². The molecule has 0 radical (unpaired) electrons. The summed E-state index contributed by atoms with van der Waals surface area (Å²) in [7, 11) is 1.61. The number of benzene rings is 2. The number of nitrogens with zero attached hydrogens (tertiary/aromatic N) is 3. The zero-order chi connectivity index (χ0) is 19.9. The van der Waals surface area contributed by atoms with Crippen LogP contribution in [-0.4, -0.2) is 27.8 Å². The van der Waals surface area contributed by atoms with Gasteiger partial charge in [0.1, 0.15) is 11.6 Å². The van der Waals surface area contributed by atoms with Crippen molar-refractivity contribution in [3.63, 3.8) is 0 Å². The molecule has 1 heterocycles. The molecule has 0 saturated carbocycles. The lowest BCUT2D eigenvalue weighted by Gasteiger charge is -2.09. The first kappa shape index (κ1) is 19.9. The van der Waals surface area contributed by atoms with Gasteiger partial charge in [0.25, 0.3) is 0 Å². The van der Waals surface area contributed by atoms with Crippen LogP contribution in [-0.2, 0) is 23.5 Å². The van der Waals surface area contributed by atoms with E-state index in [0.717, 1.165) is 22.3 Å². The topological polar surface area (TPSA) is 69.0 Å². The van der Waals surface area contributed by atoms with Crippen molar-refractivity contribution in [2.75, 3.05) is 12.4 Å². The van der Waals surface area contributed by atoms with Gasteiger partial charge in [-0.25, -0.2) is 0 Å². The summed E-state index contributed by atoms with van der Waals surface area (Å²) in [5.41, 5.74) is 3.21. The second-order valence-electron chi connectivity index (χ2n) is 6.37. The number of methoxy groups -OCH3 is 1. The molecule has 3 rings (SSSR count). The van der Waals surface area contributed by atoms with Gasteiger partial charge in [-0.2, -0.15) is 0 Å². The molecule has 0 aliphatic rings. The highest BCUT2D eigenvalue weighted by Gasteiger charge is 2.15. The van der Waals surface area contributed by atoms with Crippen LogP contribution in [0.15, 0.2) is 53.7 Å². The van der Waals surface area contributed by atoms with E-state index in [0.29, 0.717) is 12.4 Å². The van der Waals surface area contributed by atoms with Crippen LogP contribution < -0.4 is 10.1 Å². The molecule has 0 saturated heterocycles. The van der Waals surface area contributed by atoms with Crippen LogP contribution in [0.1, 0.15) is 23.9 Å². The van der Waals surface area contributed by atoms with Crippen LogP contribution in [0, 0.1) is 6.92 Å². The van der Waals surface area contributed by atoms with Crippen molar-refractivity contribution in [2.45, 2.75) is 37.7 Å². The van der Waals surface area contributed by atoms with Crippen LogP contribution in [0.2, 0.25) is 0 Å². The van der Waals surface area contributed by atoms with Crippen LogP contribution in [0.4, 0.5) is 5.69 Å². The molecule has 0 aliphatic heterocycles. The normalized spacial score (nSPS) is 10.7. The number of rotatable bonds is 8. The van der Waals surface area contributed by atoms with Gasteiger partial charge in [-0.3, -0.25) is 4.79 Å². The molecule has 1 amide bonds. The maximum Gasteiger partial charge on any atom is 0.232 e. The van der Waals surface area contributed by atoms with E-state index in [-0.39, 0.29) is 12.3 Å². The molecule has 7 heteroatoms. The molecule has 1 aromatic heterocycles. The first-order valence-corrected chi connectivity index (χ1v) is 10.1. The number of amides is 1. The first-order valence-electron chi connectivity index (χ1n) is 9.13. The molecule has 0 fully saturated rings. The van der Waals surface area contributed by atoms with Crippen molar-refractivity contribution in [3.8, 4) is 5.75 Å². The van der Waals surface area contributed by atoms with Crippen molar-refractivity contribution in [3.05, 3.63) is 65.5 Å².